The van der Waals surface area contributed by atoms with Crippen molar-refractivity contribution in [2.45, 2.75) is 13.8 Å². The molecule has 0 aliphatic rings. The van der Waals surface area contributed by atoms with Crippen molar-refractivity contribution in [2.75, 3.05) is 6.61 Å². The SMILES string of the molecule is CC(C)COC(=O)c1ccccc1C(=O)Oc1cc(Cl)ccc1Cl. The summed E-state index contributed by atoms with van der Waals surface area (Å²) >= 11 is 11.9. The lowest BCUT2D eigenvalue weighted by molar-refractivity contribution is 0.0452. The minimum Gasteiger partial charge on any atom is -0.462 e. The first-order chi connectivity index (χ1) is 11.4. The average Bonchev–Trinajstić information content (AvgIpc) is 2.56. The molecule has 0 aliphatic carbocycles. The molecule has 0 unspecified atom stereocenters. The van der Waals surface area contributed by atoms with Gasteiger partial charge in [-0.15, -0.1) is 0 Å². The average molecular weight is 367 g/mol. The second-order valence-corrected chi connectivity index (χ2v) is 6.35. The van der Waals surface area contributed by atoms with Crippen LogP contribution in [0.2, 0.25) is 10.0 Å². The normalized spacial score (nSPS) is 10.5. The Bertz CT molecular complexity index is 756. The molecule has 4 nitrogen and oxygen atoms in total. The third-order valence-electron chi connectivity index (χ3n) is 3.01. The lowest BCUT2D eigenvalue weighted by atomic mass is 10.1. The molecule has 2 aromatic rings. The first kappa shape index (κ1) is 18.3. The van der Waals surface area contributed by atoms with Crippen LogP contribution < -0.4 is 4.74 Å². The molecular weight excluding hydrogens is 351 g/mol. The summed E-state index contributed by atoms with van der Waals surface area (Å²) in [7, 11) is 0. The fraction of sp³-hybridized carbons (Fsp3) is 0.222. The molecule has 0 saturated carbocycles. The van der Waals surface area contributed by atoms with E-state index in [1.807, 2.05) is 13.8 Å². The molecule has 0 saturated heterocycles. The Kier molecular flexibility index (Phi) is 6.23. The van der Waals surface area contributed by atoms with E-state index in [2.05, 4.69) is 0 Å². The molecule has 0 N–H and O–H groups in total. The van der Waals surface area contributed by atoms with Gasteiger partial charge in [-0.3, -0.25) is 0 Å². The van der Waals surface area contributed by atoms with Crippen LogP contribution in [0.5, 0.6) is 5.75 Å². The molecular formula is C18H16Cl2O4. The number of esters is 2. The van der Waals surface area contributed by atoms with Gasteiger partial charge in [0.25, 0.3) is 0 Å². The quantitative estimate of drug-likeness (QED) is 0.550. The molecule has 0 fully saturated rings. The number of hydrogen-bond acceptors (Lipinski definition) is 4. The minimum atomic E-state index is -0.712. The van der Waals surface area contributed by atoms with Gasteiger partial charge in [0.1, 0.15) is 0 Å². The first-order valence-corrected chi connectivity index (χ1v) is 8.07. The summed E-state index contributed by atoms with van der Waals surface area (Å²) in [5.74, 6) is -0.970. The molecule has 0 aliphatic heterocycles. The standard InChI is InChI=1S/C18H16Cl2O4/c1-11(2)10-23-17(21)13-5-3-4-6-14(13)18(22)24-16-9-12(19)7-8-15(16)20/h3-9,11H,10H2,1-2H3. The van der Waals surface area contributed by atoms with Crippen molar-refractivity contribution in [3.8, 4) is 5.75 Å². The van der Waals surface area contributed by atoms with Gasteiger partial charge < -0.3 is 9.47 Å². The molecule has 0 amide bonds. The van der Waals surface area contributed by atoms with Crippen LogP contribution in [-0.2, 0) is 4.74 Å². The Morgan fingerprint density at radius 1 is 1.00 bits per heavy atom. The number of ether oxygens (including phenoxy) is 2. The highest BCUT2D eigenvalue weighted by atomic mass is 35.5. The molecule has 6 heteroatoms. The number of hydrogen-bond donors (Lipinski definition) is 0. The molecule has 0 heterocycles. The maximum absolute atomic E-state index is 12.4. The van der Waals surface area contributed by atoms with Crippen LogP contribution >= 0.6 is 23.2 Å². The van der Waals surface area contributed by atoms with Gasteiger partial charge in [-0.1, -0.05) is 49.2 Å². The van der Waals surface area contributed by atoms with Crippen molar-refractivity contribution in [3.63, 3.8) is 0 Å². The van der Waals surface area contributed by atoms with Gasteiger partial charge in [0.15, 0.2) is 5.75 Å². The Balaban J connectivity index is 2.23. The number of carbonyl (C=O) groups excluding carboxylic acids is 2. The van der Waals surface area contributed by atoms with Crippen LogP contribution in [0.1, 0.15) is 34.6 Å². The summed E-state index contributed by atoms with van der Waals surface area (Å²) in [5.41, 5.74) is 0.239. The monoisotopic (exact) mass is 366 g/mol. The summed E-state index contributed by atoms with van der Waals surface area (Å²) in [6.45, 7) is 4.12. The van der Waals surface area contributed by atoms with E-state index in [1.165, 1.54) is 24.3 Å². The molecule has 2 rings (SSSR count). The van der Waals surface area contributed by atoms with Crippen molar-refractivity contribution in [1.29, 1.82) is 0 Å². The Morgan fingerprint density at radius 3 is 2.25 bits per heavy atom. The van der Waals surface area contributed by atoms with Crippen LogP contribution in [0.4, 0.5) is 0 Å². The lowest BCUT2D eigenvalue weighted by Crippen LogP contribution is -2.17. The predicted molar refractivity (Wildman–Crippen MR) is 93.0 cm³/mol. The van der Waals surface area contributed by atoms with E-state index in [0.29, 0.717) is 5.02 Å². The molecule has 0 atom stereocenters. The summed E-state index contributed by atoms with van der Waals surface area (Å²) in [4.78, 5) is 24.6. The molecule has 0 aromatic heterocycles. The van der Waals surface area contributed by atoms with Gasteiger partial charge in [0.2, 0.25) is 0 Å². The molecule has 126 valence electrons. The van der Waals surface area contributed by atoms with E-state index in [0.717, 1.165) is 0 Å². The van der Waals surface area contributed by atoms with Crippen molar-refractivity contribution in [1.82, 2.24) is 0 Å². The first-order valence-electron chi connectivity index (χ1n) is 7.32. The van der Waals surface area contributed by atoms with Gasteiger partial charge in [-0.25, -0.2) is 9.59 Å². The summed E-state index contributed by atoms with van der Waals surface area (Å²) in [5, 5.41) is 0.624. The minimum absolute atomic E-state index is 0.0994. The zero-order valence-electron chi connectivity index (χ0n) is 13.2. The fourth-order valence-electron chi connectivity index (χ4n) is 1.87. The van der Waals surface area contributed by atoms with Crippen molar-refractivity contribution in [2.24, 2.45) is 5.92 Å². The predicted octanol–water partition coefficient (Wildman–Crippen LogP) is 5.03. The Labute approximate surface area is 150 Å². The number of halogens is 2. The second kappa shape index (κ2) is 8.18. The van der Waals surface area contributed by atoms with E-state index in [1.54, 1.807) is 18.2 Å². The number of rotatable bonds is 5. The van der Waals surface area contributed by atoms with Gasteiger partial charge in [-0.2, -0.15) is 0 Å². The van der Waals surface area contributed by atoms with Crippen molar-refractivity contribution >= 4 is 35.1 Å². The molecule has 0 spiro atoms. The van der Waals surface area contributed by atoms with E-state index >= 15 is 0 Å². The fourth-order valence-corrected chi connectivity index (χ4v) is 2.19. The highest BCUT2D eigenvalue weighted by Crippen LogP contribution is 2.28. The van der Waals surface area contributed by atoms with Gasteiger partial charge in [0.05, 0.1) is 22.8 Å². The Morgan fingerprint density at radius 2 is 1.62 bits per heavy atom. The van der Waals surface area contributed by atoms with E-state index in [4.69, 9.17) is 32.7 Å². The highest BCUT2D eigenvalue weighted by molar-refractivity contribution is 6.34. The van der Waals surface area contributed by atoms with E-state index < -0.39 is 11.9 Å². The maximum Gasteiger partial charge on any atom is 0.344 e. The largest absolute Gasteiger partial charge is 0.462 e. The van der Waals surface area contributed by atoms with Crippen LogP contribution in [0.3, 0.4) is 0 Å². The van der Waals surface area contributed by atoms with Crippen LogP contribution in [0.15, 0.2) is 42.5 Å². The summed E-state index contributed by atoms with van der Waals surface area (Å²) < 4.78 is 10.4. The number of benzene rings is 2. The van der Waals surface area contributed by atoms with Crippen LogP contribution in [0, 0.1) is 5.92 Å². The molecule has 24 heavy (non-hydrogen) atoms. The zero-order chi connectivity index (χ0) is 17.7. The van der Waals surface area contributed by atoms with E-state index in [9.17, 15) is 9.59 Å². The van der Waals surface area contributed by atoms with Crippen molar-refractivity contribution in [3.05, 3.63) is 63.6 Å². The van der Waals surface area contributed by atoms with E-state index in [-0.39, 0.29) is 34.4 Å². The topological polar surface area (TPSA) is 52.6 Å². The second-order valence-electron chi connectivity index (χ2n) is 5.50. The van der Waals surface area contributed by atoms with Gasteiger partial charge in [-0.05, 0) is 30.2 Å². The molecule has 0 bridgehead atoms. The van der Waals surface area contributed by atoms with Crippen LogP contribution in [-0.4, -0.2) is 18.5 Å². The van der Waals surface area contributed by atoms with Gasteiger partial charge in [0, 0.05) is 11.1 Å². The smallest absolute Gasteiger partial charge is 0.344 e. The Hall–Kier alpha value is -2.04. The zero-order valence-corrected chi connectivity index (χ0v) is 14.7. The maximum atomic E-state index is 12.4. The lowest BCUT2D eigenvalue weighted by Gasteiger charge is -2.11. The third-order valence-corrected chi connectivity index (χ3v) is 3.56. The summed E-state index contributed by atoms with van der Waals surface area (Å²) in [6, 6.07) is 10.8. The third kappa shape index (κ3) is 4.73. The molecule has 0 radical (unpaired) electrons. The highest BCUT2D eigenvalue weighted by Gasteiger charge is 2.20. The van der Waals surface area contributed by atoms with Crippen molar-refractivity contribution < 1.29 is 19.1 Å². The van der Waals surface area contributed by atoms with Crippen LogP contribution in [0.25, 0.3) is 0 Å². The molecule has 2 aromatic carbocycles. The summed E-state index contributed by atoms with van der Waals surface area (Å²) in [6.07, 6.45) is 0. The van der Waals surface area contributed by atoms with Gasteiger partial charge >= 0.3 is 11.9 Å². The number of carbonyl (C=O) groups is 2.